The predicted octanol–water partition coefficient (Wildman–Crippen LogP) is 2.40. The van der Waals surface area contributed by atoms with E-state index in [0.29, 0.717) is 4.90 Å². The van der Waals surface area contributed by atoms with E-state index in [1.807, 2.05) is 34.6 Å². The summed E-state index contributed by atoms with van der Waals surface area (Å²) in [6.07, 6.45) is 1.53. The lowest BCUT2D eigenvalue weighted by Crippen LogP contribution is -2.35. The summed E-state index contributed by atoms with van der Waals surface area (Å²) >= 11 is 0. The minimum absolute atomic E-state index is 0.0687. The summed E-state index contributed by atoms with van der Waals surface area (Å²) in [7, 11) is -3.65. The van der Waals surface area contributed by atoms with Crippen molar-refractivity contribution >= 4 is 10.0 Å². The molecule has 21 heavy (non-hydrogen) atoms. The van der Waals surface area contributed by atoms with Gasteiger partial charge >= 0.3 is 0 Å². The molecule has 1 aromatic carbocycles. The largest absolute Gasteiger partial charge is 0.395 e. The third-order valence-corrected chi connectivity index (χ3v) is 6.35. The lowest BCUT2D eigenvalue weighted by Gasteiger charge is -2.25. The van der Waals surface area contributed by atoms with Gasteiger partial charge in [0.15, 0.2) is 0 Å². The number of hydrogen-bond acceptors (Lipinski definition) is 3. The van der Waals surface area contributed by atoms with Gasteiger partial charge in [-0.1, -0.05) is 6.08 Å². The summed E-state index contributed by atoms with van der Waals surface area (Å²) in [4.78, 5) is 0.360. The first-order valence-corrected chi connectivity index (χ1v) is 8.43. The molecule has 0 aromatic heterocycles. The van der Waals surface area contributed by atoms with E-state index in [4.69, 9.17) is 5.11 Å². The van der Waals surface area contributed by atoms with E-state index in [-0.39, 0.29) is 19.7 Å². The van der Waals surface area contributed by atoms with Gasteiger partial charge in [-0.2, -0.15) is 4.31 Å². The monoisotopic (exact) mass is 311 g/mol. The van der Waals surface area contributed by atoms with Crippen LogP contribution in [0, 0.1) is 34.6 Å². The van der Waals surface area contributed by atoms with E-state index in [0.717, 1.165) is 27.8 Å². The van der Waals surface area contributed by atoms with Gasteiger partial charge in [-0.25, -0.2) is 8.42 Å². The molecule has 0 aliphatic carbocycles. The molecule has 1 aromatic rings. The number of rotatable bonds is 6. The number of sulfonamides is 1. The molecular weight excluding hydrogens is 286 g/mol. The first kappa shape index (κ1) is 17.9. The van der Waals surface area contributed by atoms with Gasteiger partial charge in [0.1, 0.15) is 0 Å². The Kier molecular flexibility index (Phi) is 5.73. The number of aliphatic hydroxyl groups is 1. The van der Waals surface area contributed by atoms with Crippen molar-refractivity contribution in [2.24, 2.45) is 0 Å². The molecule has 0 spiro atoms. The van der Waals surface area contributed by atoms with Crippen molar-refractivity contribution in [2.45, 2.75) is 39.5 Å². The fourth-order valence-electron chi connectivity index (χ4n) is 2.55. The van der Waals surface area contributed by atoms with Crippen molar-refractivity contribution in [1.29, 1.82) is 0 Å². The molecular formula is C16H25NO3S. The molecule has 0 bridgehead atoms. The zero-order valence-electron chi connectivity index (χ0n) is 13.5. The van der Waals surface area contributed by atoms with Crippen molar-refractivity contribution in [2.75, 3.05) is 19.7 Å². The molecule has 0 unspecified atom stereocenters. The quantitative estimate of drug-likeness (QED) is 0.821. The maximum atomic E-state index is 12.9. The van der Waals surface area contributed by atoms with Gasteiger partial charge in [0.05, 0.1) is 11.5 Å². The van der Waals surface area contributed by atoms with Gasteiger partial charge in [0, 0.05) is 13.1 Å². The molecule has 0 aliphatic rings. The highest BCUT2D eigenvalue weighted by atomic mass is 32.2. The SMILES string of the molecule is C=CCN(CCO)S(=O)(=O)c1c(C)c(C)c(C)c(C)c1C. The molecule has 0 atom stereocenters. The van der Waals surface area contributed by atoms with Crippen LogP contribution in [0.25, 0.3) is 0 Å². The van der Waals surface area contributed by atoms with Crippen LogP contribution >= 0.6 is 0 Å². The summed E-state index contributed by atoms with van der Waals surface area (Å²) in [5.41, 5.74) is 4.69. The van der Waals surface area contributed by atoms with Gasteiger partial charge in [-0.15, -0.1) is 6.58 Å². The molecule has 0 saturated carbocycles. The molecule has 4 nitrogen and oxygen atoms in total. The molecule has 0 aliphatic heterocycles. The van der Waals surface area contributed by atoms with Gasteiger partial charge in [-0.3, -0.25) is 0 Å². The normalized spacial score (nSPS) is 12.0. The molecule has 0 saturated heterocycles. The van der Waals surface area contributed by atoms with Crippen molar-refractivity contribution in [3.05, 3.63) is 40.5 Å². The van der Waals surface area contributed by atoms with E-state index in [1.54, 1.807) is 0 Å². The Morgan fingerprint density at radius 3 is 1.81 bits per heavy atom. The van der Waals surface area contributed by atoms with Crippen LogP contribution in [0.4, 0.5) is 0 Å². The molecule has 118 valence electrons. The first-order chi connectivity index (χ1) is 9.69. The van der Waals surface area contributed by atoms with Gasteiger partial charge in [-0.05, 0) is 62.4 Å². The average molecular weight is 311 g/mol. The number of nitrogens with zero attached hydrogens (tertiary/aromatic N) is 1. The van der Waals surface area contributed by atoms with Gasteiger partial charge < -0.3 is 5.11 Å². The smallest absolute Gasteiger partial charge is 0.243 e. The Morgan fingerprint density at radius 2 is 1.43 bits per heavy atom. The van der Waals surface area contributed by atoms with Crippen LogP contribution in [0.2, 0.25) is 0 Å². The van der Waals surface area contributed by atoms with E-state index in [9.17, 15) is 8.42 Å². The van der Waals surface area contributed by atoms with Crippen LogP contribution in [-0.4, -0.2) is 37.5 Å². The fourth-order valence-corrected chi connectivity index (χ4v) is 4.51. The Morgan fingerprint density at radius 1 is 1.00 bits per heavy atom. The zero-order chi connectivity index (χ0) is 16.4. The fraction of sp³-hybridized carbons (Fsp3) is 0.500. The molecule has 0 radical (unpaired) electrons. The summed E-state index contributed by atoms with van der Waals surface area (Å²) < 4.78 is 27.1. The van der Waals surface area contributed by atoms with Gasteiger partial charge in [0.2, 0.25) is 10.0 Å². The Bertz CT molecular complexity index is 619. The summed E-state index contributed by atoms with van der Waals surface area (Å²) in [5, 5.41) is 9.13. The first-order valence-electron chi connectivity index (χ1n) is 6.99. The lowest BCUT2D eigenvalue weighted by molar-refractivity contribution is 0.260. The topological polar surface area (TPSA) is 57.6 Å². The van der Waals surface area contributed by atoms with Crippen molar-refractivity contribution in [1.82, 2.24) is 4.31 Å². The lowest BCUT2D eigenvalue weighted by atomic mass is 9.95. The highest BCUT2D eigenvalue weighted by Gasteiger charge is 2.28. The molecule has 0 heterocycles. The maximum Gasteiger partial charge on any atom is 0.243 e. The summed E-state index contributed by atoms with van der Waals surface area (Å²) in [5.74, 6) is 0. The number of benzene rings is 1. The van der Waals surface area contributed by atoms with E-state index < -0.39 is 10.0 Å². The number of aliphatic hydroxyl groups excluding tert-OH is 1. The third-order valence-electron chi connectivity index (χ3n) is 4.21. The predicted molar refractivity (Wildman–Crippen MR) is 86.2 cm³/mol. The van der Waals surface area contributed by atoms with Crippen LogP contribution in [0.1, 0.15) is 27.8 Å². The van der Waals surface area contributed by atoms with Crippen LogP contribution in [-0.2, 0) is 10.0 Å². The molecule has 0 fully saturated rings. The Hall–Kier alpha value is -1.17. The maximum absolute atomic E-state index is 12.9. The van der Waals surface area contributed by atoms with Crippen LogP contribution in [0.3, 0.4) is 0 Å². The second kappa shape index (κ2) is 6.73. The van der Waals surface area contributed by atoms with E-state index in [2.05, 4.69) is 6.58 Å². The van der Waals surface area contributed by atoms with Crippen molar-refractivity contribution in [3.63, 3.8) is 0 Å². The minimum Gasteiger partial charge on any atom is -0.395 e. The summed E-state index contributed by atoms with van der Waals surface area (Å²) in [6.45, 7) is 13.2. The molecule has 5 heteroatoms. The molecule has 1 rings (SSSR count). The molecule has 0 amide bonds. The average Bonchev–Trinajstić information content (AvgIpc) is 2.42. The summed E-state index contributed by atoms with van der Waals surface area (Å²) in [6, 6.07) is 0. The second-order valence-corrected chi connectivity index (χ2v) is 7.20. The van der Waals surface area contributed by atoms with Crippen LogP contribution < -0.4 is 0 Å². The van der Waals surface area contributed by atoms with E-state index >= 15 is 0 Å². The third kappa shape index (κ3) is 3.20. The second-order valence-electron chi connectivity index (χ2n) is 5.33. The standard InChI is InChI=1S/C16H25NO3S/c1-7-8-17(9-10-18)21(19,20)16-14(5)12(3)11(2)13(4)15(16)6/h7,18H,1,8-10H2,2-6H3. The zero-order valence-corrected chi connectivity index (χ0v) is 14.3. The van der Waals surface area contributed by atoms with Crippen LogP contribution in [0.15, 0.2) is 17.6 Å². The molecule has 1 N–H and O–H groups in total. The van der Waals surface area contributed by atoms with Crippen molar-refractivity contribution < 1.29 is 13.5 Å². The van der Waals surface area contributed by atoms with E-state index in [1.165, 1.54) is 10.4 Å². The Labute approximate surface area is 128 Å². The minimum atomic E-state index is -3.65. The van der Waals surface area contributed by atoms with Crippen LogP contribution in [0.5, 0.6) is 0 Å². The highest BCUT2D eigenvalue weighted by Crippen LogP contribution is 2.31. The number of hydrogen-bond donors (Lipinski definition) is 1. The van der Waals surface area contributed by atoms with Gasteiger partial charge in [0.25, 0.3) is 0 Å². The highest BCUT2D eigenvalue weighted by molar-refractivity contribution is 7.89. The Balaban J connectivity index is 3.61. The van der Waals surface area contributed by atoms with Crippen molar-refractivity contribution in [3.8, 4) is 0 Å².